The minimum atomic E-state index is -0.411. The molecule has 2 heterocycles. The molecule has 32 heavy (non-hydrogen) atoms. The zero-order chi connectivity index (χ0) is 22.7. The zero-order valence-corrected chi connectivity index (χ0v) is 19.2. The Morgan fingerprint density at radius 2 is 1.88 bits per heavy atom. The normalized spacial score (nSPS) is 21.1. The summed E-state index contributed by atoms with van der Waals surface area (Å²) in [6.45, 7) is 6.06. The lowest BCUT2D eigenvalue weighted by Crippen LogP contribution is -2.59. The van der Waals surface area contributed by atoms with Gasteiger partial charge in [0, 0.05) is 38.0 Å². The third kappa shape index (κ3) is 4.24. The van der Waals surface area contributed by atoms with Crippen molar-refractivity contribution >= 4 is 11.8 Å². The van der Waals surface area contributed by atoms with E-state index < -0.39 is 5.66 Å². The Bertz CT molecular complexity index is 954. The van der Waals surface area contributed by atoms with Crippen molar-refractivity contribution in [1.82, 2.24) is 15.1 Å². The average Bonchev–Trinajstić information content (AvgIpc) is 3.10. The molecule has 2 fully saturated rings. The summed E-state index contributed by atoms with van der Waals surface area (Å²) in [5.74, 6) is 1.13. The van der Waals surface area contributed by atoms with Crippen LogP contribution >= 0.6 is 0 Å². The Morgan fingerprint density at radius 1 is 1.16 bits per heavy atom. The number of piperidine rings is 1. The minimum Gasteiger partial charge on any atom is -0.497 e. The van der Waals surface area contributed by atoms with E-state index in [9.17, 15) is 9.59 Å². The molecule has 2 aromatic carbocycles. The Kier molecular flexibility index (Phi) is 6.51. The van der Waals surface area contributed by atoms with Crippen molar-refractivity contribution in [3.05, 3.63) is 65.7 Å². The number of nitrogens with one attached hydrogen (secondary N) is 1. The molecule has 2 atom stereocenters. The quantitative estimate of drug-likeness (QED) is 0.752. The van der Waals surface area contributed by atoms with E-state index in [4.69, 9.17) is 4.74 Å². The van der Waals surface area contributed by atoms with Gasteiger partial charge in [-0.05, 0) is 29.7 Å². The highest BCUT2D eigenvalue weighted by atomic mass is 16.5. The average molecular weight is 436 g/mol. The summed E-state index contributed by atoms with van der Waals surface area (Å²) in [7, 11) is 1.60. The predicted octanol–water partition coefficient (Wildman–Crippen LogP) is 3.67. The van der Waals surface area contributed by atoms with E-state index in [0.717, 1.165) is 12.0 Å². The van der Waals surface area contributed by atoms with Crippen LogP contribution in [-0.4, -0.2) is 53.5 Å². The smallest absolute Gasteiger partial charge is 0.253 e. The van der Waals surface area contributed by atoms with Crippen LogP contribution in [0.1, 0.15) is 49.0 Å². The van der Waals surface area contributed by atoms with E-state index in [1.165, 1.54) is 0 Å². The summed E-state index contributed by atoms with van der Waals surface area (Å²) in [6.07, 6.45) is 2.38. The number of amides is 2. The van der Waals surface area contributed by atoms with Crippen LogP contribution in [0, 0.1) is 5.92 Å². The first kappa shape index (κ1) is 22.3. The van der Waals surface area contributed by atoms with Crippen molar-refractivity contribution in [2.24, 2.45) is 5.92 Å². The monoisotopic (exact) mass is 435 g/mol. The maximum atomic E-state index is 13.5. The molecule has 170 valence electrons. The van der Waals surface area contributed by atoms with Gasteiger partial charge in [-0.1, -0.05) is 56.7 Å². The van der Waals surface area contributed by atoms with Gasteiger partial charge in [0.1, 0.15) is 5.75 Å². The topological polar surface area (TPSA) is 61.9 Å². The molecule has 0 aliphatic carbocycles. The molecule has 0 saturated carbocycles. The lowest BCUT2D eigenvalue weighted by molar-refractivity contribution is -0.134. The van der Waals surface area contributed by atoms with Crippen molar-refractivity contribution in [1.29, 1.82) is 0 Å². The Hall–Kier alpha value is -2.86. The number of hydrogen-bond donors (Lipinski definition) is 1. The number of rotatable bonds is 6. The standard InChI is InChI=1S/C26H33N3O3/c1-4-19(2)23-25(31)29(18-20-9-6-5-7-10-20)26(27-23)13-15-28(16-14-26)24(30)21-11-8-12-22(17-21)32-3/h5-12,17,19,23,27H,4,13-16,18H2,1-3H3/t19-,23+/m1/s1. The van der Waals surface area contributed by atoms with E-state index in [1.54, 1.807) is 13.2 Å². The number of benzene rings is 2. The lowest BCUT2D eigenvalue weighted by atomic mass is 9.94. The number of nitrogens with zero attached hydrogens (tertiary/aromatic N) is 2. The number of hydrogen-bond acceptors (Lipinski definition) is 4. The second kappa shape index (κ2) is 9.33. The summed E-state index contributed by atoms with van der Waals surface area (Å²) < 4.78 is 5.27. The lowest BCUT2D eigenvalue weighted by Gasteiger charge is -2.45. The largest absolute Gasteiger partial charge is 0.497 e. The van der Waals surface area contributed by atoms with Gasteiger partial charge in [-0.2, -0.15) is 0 Å². The third-order valence-electron chi connectivity index (χ3n) is 7.06. The van der Waals surface area contributed by atoms with E-state index in [0.29, 0.717) is 43.8 Å². The highest BCUT2D eigenvalue weighted by Gasteiger charge is 2.52. The predicted molar refractivity (Wildman–Crippen MR) is 124 cm³/mol. The molecule has 0 aromatic heterocycles. The third-order valence-corrected chi connectivity index (χ3v) is 7.06. The van der Waals surface area contributed by atoms with Gasteiger partial charge in [-0.15, -0.1) is 0 Å². The van der Waals surface area contributed by atoms with Crippen molar-refractivity contribution in [2.75, 3.05) is 20.2 Å². The molecule has 0 bridgehead atoms. The van der Waals surface area contributed by atoms with Gasteiger partial charge in [-0.3, -0.25) is 14.9 Å². The van der Waals surface area contributed by atoms with Gasteiger partial charge in [-0.25, -0.2) is 0 Å². The first-order valence-electron chi connectivity index (χ1n) is 11.5. The number of carbonyl (C=O) groups is 2. The highest BCUT2D eigenvalue weighted by molar-refractivity contribution is 5.94. The molecule has 1 spiro atoms. The second-order valence-electron chi connectivity index (χ2n) is 8.97. The van der Waals surface area contributed by atoms with Gasteiger partial charge >= 0.3 is 0 Å². The van der Waals surface area contributed by atoms with E-state index in [1.807, 2.05) is 46.2 Å². The summed E-state index contributed by atoms with van der Waals surface area (Å²) >= 11 is 0. The van der Waals surface area contributed by atoms with Gasteiger partial charge < -0.3 is 14.5 Å². The Balaban J connectivity index is 1.53. The molecule has 2 aliphatic rings. The van der Waals surface area contributed by atoms with Crippen LogP contribution in [-0.2, 0) is 11.3 Å². The van der Waals surface area contributed by atoms with E-state index in [-0.39, 0.29) is 23.8 Å². The van der Waals surface area contributed by atoms with E-state index >= 15 is 0 Å². The fraction of sp³-hybridized carbons (Fsp3) is 0.462. The number of likely N-dealkylation sites (tertiary alicyclic amines) is 1. The van der Waals surface area contributed by atoms with Gasteiger partial charge in [0.15, 0.2) is 0 Å². The first-order chi connectivity index (χ1) is 15.5. The van der Waals surface area contributed by atoms with Crippen LogP contribution in [0.2, 0.25) is 0 Å². The first-order valence-corrected chi connectivity index (χ1v) is 11.5. The molecule has 2 amide bonds. The van der Waals surface area contributed by atoms with Gasteiger partial charge in [0.2, 0.25) is 5.91 Å². The van der Waals surface area contributed by atoms with Gasteiger partial charge in [0.05, 0.1) is 18.8 Å². The Morgan fingerprint density at radius 3 is 2.53 bits per heavy atom. The van der Waals surface area contributed by atoms with Crippen LogP contribution in [0.4, 0.5) is 0 Å². The molecule has 2 saturated heterocycles. The van der Waals surface area contributed by atoms with Crippen molar-refractivity contribution in [2.45, 2.75) is 51.4 Å². The van der Waals surface area contributed by atoms with Crippen LogP contribution in [0.25, 0.3) is 0 Å². The van der Waals surface area contributed by atoms with Crippen LogP contribution in [0.3, 0.4) is 0 Å². The maximum absolute atomic E-state index is 13.5. The van der Waals surface area contributed by atoms with E-state index in [2.05, 4.69) is 31.3 Å². The minimum absolute atomic E-state index is 0.0103. The van der Waals surface area contributed by atoms with Crippen molar-refractivity contribution in [3.63, 3.8) is 0 Å². The molecular weight excluding hydrogens is 402 g/mol. The molecule has 0 radical (unpaired) electrons. The maximum Gasteiger partial charge on any atom is 0.253 e. The molecule has 1 N–H and O–H groups in total. The van der Waals surface area contributed by atoms with Crippen LogP contribution < -0.4 is 10.1 Å². The number of carbonyl (C=O) groups excluding carboxylic acids is 2. The second-order valence-corrected chi connectivity index (χ2v) is 8.97. The fourth-order valence-electron chi connectivity index (χ4n) is 4.86. The molecule has 2 aliphatic heterocycles. The highest BCUT2D eigenvalue weighted by Crippen LogP contribution is 2.36. The molecule has 6 heteroatoms. The van der Waals surface area contributed by atoms with Crippen LogP contribution in [0.5, 0.6) is 5.75 Å². The molecule has 6 nitrogen and oxygen atoms in total. The van der Waals surface area contributed by atoms with Crippen molar-refractivity contribution in [3.8, 4) is 5.75 Å². The van der Waals surface area contributed by atoms with Gasteiger partial charge in [0.25, 0.3) is 5.91 Å². The molecular formula is C26H33N3O3. The SMILES string of the molecule is CC[C@@H](C)[C@@H]1NC2(CCN(C(=O)c3cccc(OC)c3)CC2)N(Cc2ccccc2)C1=O. The number of methoxy groups -OCH3 is 1. The summed E-state index contributed by atoms with van der Waals surface area (Å²) in [5.41, 5.74) is 1.35. The zero-order valence-electron chi connectivity index (χ0n) is 19.2. The molecule has 2 aromatic rings. The molecule has 0 unspecified atom stereocenters. The number of ether oxygens (including phenoxy) is 1. The molecule has 4 rings (SSSR count). The van der Waals surface area contributed by atoms with Crippen LogP contribution in [0.15, 0.2) is 54.6 Å². The van der Waals surface area contributed by atoms with Crippen molar-refractivity contribution < 1.29 is 14.3 Å². The summed E-state index contributed by atoms with van der Waals surface area (Å²) in [6, 6.07) is 17.3. The Labute approximate surface area is 190 Å². The summed E-state index contributed by atoms with van der Waals surface area (Å²) in [4.78, 5) is 30.5. The fourth-order valence-corrected chi connectivity index (χ4v) is 4.86. The summed E-state index contributed by atoms with van der Waals surface area (Å²) in [5, 5.41) is 3.71.